The van der Waals surface area contributed by atoms with Gasteiger partial charge in [-0.3, -0.25) is 14.8 Å². The minimum Gasteiger partial charge on any atom is -0.493 e. The number of nitrogens with one attached hydrogen (secondary N) is 1. The molecule has 0 unspecified atom stereocenters. The Bertz CT molecular complexity index is 1160. The maximum Gasteiger partial charge on any atom is 0.264 e. The highest BCUT2D eigenvalue weighted by Gasteiger charge is 2.43. The number of hydrogen-bond acceptors (Lipinski definition) is 7. The Kier molecular flexibility index (Phi) is 7.01. The number of rotatable bonds is 9. The third-order valence-electron chi connectivity index (χ3n) is 6.36. The maximum atomic E-state index is 12.6. The fraction of sp³-hybridized carbons (Fsp3) is 0.478. The van der Waals surface area contributed by atoms with Crippen molar-refractivity contribution in [2.24, 2.45) is 5.92 Å². The largest absolute Gasteiger partial charge is 0.493 e. The third kappa shape index (κ3) is 5.63. The van der Waals surface area contributed by atoms with Crippen LogP contribution in [0.15, 0.2) is 47.4 Å². The van der Waals surface area contributed by atoms with Gasteiger partial charge >= 0.3 is 0 Å². The monoisotopic (exact) mass is 478 g/mol. The van der Waals surface area contributed by atoms with E-state index in [1.54, 1.807) is 12.3 Å². The van der Waals surface area contributed by atoms with E-state index in [-0.39, 0.29) is 18.5 Å². The van der Waals surface area contributed by atoms with Crippen molar-refractivity contribution in [1.29, 1.82) is 0 Å². The van der Waals surface area contributed by atoms with Crippen LogP contribution >= 0.6 is 0 Å². The Morgan fingerprint density at radius 3 is 2.39 bits per heavy atom. The average molecular weight is 479 g/mol. The predicted molar refractivity (Wildman–Crippen MR) is 123 cm³/mol. The molecular weight excluding hydrogens is 448 g/mol. The summed E-state index contributed by atoms with van der Waals surface area (Å²) in [4.78, 5) is 24.5. The van der Waals surface area contributed by atoms with E-state index in [1.165, 1.54) is 23.0 Å². The zero-order valence-electron chi connectivity index (χ0n) is 18.9. The van der Waals surface area contributed by atoms with Gasteiger partial charge in [0.1, 0.15) is 5.75 Å². The van der Waals surface area contributed by atoms with Crippen molar-refractivity contribution in [3.63, 3.8) is 0 Å². The summed E-state index contributed by atoms with van der Waals surface area (Å²) in [6.07, 6.45) is 3.74. The Morgan fingerprint density at radius 1 is 1.24 bits per heavy atom. The van der Waals surface area contributed by atoms with E-state index in [4.69, 9.17) is 9.94 Å². The number of ether oxygens (including phenoxy) is 1. The summed E-state index contributed by atoms with van der Waals surface area (Å²) in [5, 5.41) is 18.7. The minimum absolute atomic E-state index is 0.0169. The van der Waals surface area contributed by atoms with Crippen molar-refractivity contribution in [3.05, 3.63) is 52.9 Å². The fourth-order valence-corrected chi connectivity index (χ4v) is 4.90. The molecule has 3 rings (SSSR count). The van der Waals surface area contributed by atoms with Crippen LogP contribution in [0.1, 0.15) is 33.1 Å². The summed E-state index contributed by atoms with van der Waals surface area (Å²) in [5.74, 6) is 0.0146. The Labute approximate surface area is 192 Å². The van der Waals surface area contributed by atoms with E-state index in [0.717, 1.165) is 24.7 Å². The first-order valence-electron chi connectivity index (χ1n) is 10.6. The maximum absolute atomic E-state index is 12.6. The van der Waals surface area contributed by atoms with Gasteiger partial charge in [0.25, 0.3) is 11.5 Å². The van der Waals surface area contributed by atoms with E-state index < -0.39 is 26.1 Å². The first kappa shape index (κ1) is 24.9. The molecule has 1 saturated carbocycles. The Hall–Kier alpha value is -2.69. The molecule has 1 amide bonds. The minimum atomic E-state index is -3.84. The Balaban J connectivity index is 1.65. The van der Waals surface area contributed by atoms with Crippen molar-refractivity contribution in [2.45, 2.75) is 50.0 Å². The topological polar surface area (TPSA) is 135 Å². The highest BCUT2D eigenvalue weighted by Crippen LogP contribution is 2.37. The second kappa shape index (κ2) is 9.28. The van der Waals surface area contributed by atoms with Crippen molar-refractivity contribution < 1.29 is 28.3 Å². The van der Waals surface area contributed by atoms with Crippen LogP contribution in [0.5, 0.6) is 5.75 Å². The second-order valence-corrected chi connectivity index (χ2v) is 11.7. The summed E-state index contributed by atoms with van der Waals surface area (Å²) in [6.45, 7) is 3.57. The van der Waals surface area contributed by atoms with E-state index in [1.807, 2.05) is 31.2 Å². The Morgan fingerprint density at radius 2 is 1.88 bits per heavy atom. The van der Waals surface area contributed by atoms with E-state index >= 15 is 0 Å². The number of nitrogens with zero attached hydrogens (tertiary/aromatic N) is 1. The normalized spacial score (nSPS) is 22.2. The SMILES string of the molecule is CC1(O)CC(COc2ccc(-c3ccn(CC[C@](C)(C(=O)NO)S(C)(=O)=O)c(=O)c3)cc2)C1. The highest BCUT2D eigenvalue weighted by molar-refractivity contribution is 7.92. The number of carbonyl (C=O) groups is 1. The number of sulfone groups is 1. The fourth-order valence-electron chi connectivity index (χ4n) is 4.05. The van der Waals surface area contributed by atoms with Crippen LogP contribution in [0.4, 0.5) is 0 Å². The molecule has 9 nitrogen and oxygen atoms in total. The zero-order chi connectivity index (χ0) is 24.4. The average Bonchev–Trinajstić information content (AvgIpc) is 2.74. The van der Waals surface area contributed by atoms with Gasteiger partial charge < -0.3 is 14.4 Å². The molecule has 0 radical (unpaired) electrons. The van der Waals surface area contributed by atoms with Crippen LogP contribution in [0, 0.1) is 5.92 Å². The number of amides is 1. The lowest BCUT2D eigenvalue weighted by atomic mass is 9.73. The summed E-state index contributed by atoms with van der Waals surface area (Å²) in [7, 11) is -3.84. The number of benzene rings is 1. The molecule has 3 N–H and O–H groups in total. The predicted octanol–water partition coefficient (Wildman–Crippen LogP) is 1.75. The summed E-state index contributed by atoms with van der Waals surface area (Å²) < 4.78 is 29.4. The molecule has 1 aliphatic carbocycles. The van der Waals surface area contributed by atoms with Crippen molar-refractivity contribution in [3.8, 4) is 16.9 Å². The van der Waals surface area contributed by atoms with Gasteiger partial charge in [0.15, 0.2) is 14.6 Å². The molecule has 1 atom stereocenters. The number of hydroxylamine groups is 1. The van der Waals surface area contributed by atoms with Gasteiger partial charge in [0.05, 0.1) is 12.2 Å². The van der Waals surface area contributed by atoms with Crippen molar-refractivity contribution >= 4 is 15.7 Å². The molecule has 1 aromatic carbocycles. The van der Waals surface area contributed by atoms with Crippen LogP contribution in [0.2, 0.25) is 0 Å². The molecular formula is C23H30N2O7S. The van der Waals surface area contributed by atoms with Crippen molar-refractivity contribution in [1.82, 2.24) is 10.0 Å². The van der Waals surface area contributed by atoms with E-state index in [9.17, 15) is 23.1 Å². The number of aliphatic hydroxyl groups is 1. The van der Waals surface area contributed by atoms with E-state index in [2.05, 4.69) is 0 Å². The first-order chi connectivity index (χ1) is 15.3. The van der Waals surface area contributed by atoms with Crippen molar-refractivity contribution in [2.75, 3.05) is 12.9 Å². The number of hydrogen-bond donors (Lipinski definition) is 3. The molecule has 180 valence electrons. The summed E-state index contributed by atoms with van der Waals surface area (Å²) in [5.41, 5.74) is 1.99. The molecule has 1 aromatic heterocycles. The summed E-state index contributed by atoms with van der Waals surface area (Å²) >= 11 is 0. The van der Waals surface area contributed by atoms with Crippen LogP contribution < -0.4 is 15.8 Å². The smallest absolute Gasteiger partial charge is 0.264 e. The number of carbonyl (C=O) groups excluding carboxylic acids is 1. The zero-order valence-corrected chi connectivity index (χ0v) is 19.8. The van der Waals surface area contributed by atoms with E-state index in [0.29, 0.717) is 23.8 Å². The lowest BCUT2D eigenvalue weighted by molar-refractivity contribution is -0.131. The molecule has 0 bridgehead atoms. The number of aryl methyl sites for hydroxylation is 1. The van der Waals surface area contributed by atoms with Crippen LogP contribution in [-0.4, -0.2) is 52.4 Å². The molecule has 1 aliphatic rings. The molecule has 2 aromatic rings. The lowest BCUT2D eigenvalue weighted by Gasteiger charge is -2.40. The molecule has 1 fully saturated rings. The van der Waals surface area contributed by atoms with Gasteiger partial charge in [-0.2, -0.15) is 0 Å². The molecule has 10 heteroatoms. The van der Waals surface area contributed by atoms with Crippen LogP contribution in [0.25, 0.3) is 11.1 Å². The molecule has 33 heavy (non-hydrogen) atoms. The van der Waals surface area contributed by atoms with Gasteiger partial charge in [-0.15, -0.1) is 0 Å². The molecule has 0 saturated heterocycles. The molecule has 0 aliphatic heterocycles. The van der Waals surface area contributed by atoms with Crippen LogP contribution in [0.3, 0.4) is 0 Å². The number of aromatic nitrogens is 1. The second-order valence-electron chi connectivity index (χ2n) is 9.25. The first-order valence-corrected chi connectivity index (χ1v) is 12.5. The highest BCUT2D eigenvalue weighted by atomic mass is 32.2. The number of pyridine rings is 1. The lowest BCUT2D eigenvalue weighted by Crippen LogP contribution is -2.49. The standard InChI is InChI=1S/C23H30N2O7S/c1-22(28)13-16(14-22)15-32-19-6-4-17(5-7-19)18-8-10-25(20(26)12-18)11-9-23(2,21(27)24-29)33(3,30)31/h4-8,10,12,16,28-29H,9,11,13-15H2,1-3H3,(H,24,27)/t16?,22?,23-/m1/s1. The van der Waals surface area contributed by atoms with Gasteiger partial charge in [-0.1, -0.05) is 12.1 Å². The van der Waals surface area contributed by atoms with Gasteiger partial charge in [0, 0.05) is 25.1 Å². The quantitative estimate of drug-likeness (QED) is 0.369. The van der Waals surface area contributed by atoms with Crippen LogP contribution in [-0.2, 0) is 21.2 Å². The van der Waals surface area contributed by atoms with Gasteiger partial charge in [-0.05, 0) is 68.4 Å². The molecule has 1 heterocycles. The molecule has 0 spiro atoms. The summed E-state index contributed by atoms with van der Waals surface area (Å²) in [6, 6.07) is 10.5. The third-order valence-corrected chi connectivity index (χ3v) is 8.38. The van der Waals surface area contributed by atoms with Gasteiger partial charge in [-0.25, -0.2) is 13.9 Å². The van der Waals surface area contributed by atoms with Gasteiger partial charge in [0.2, 0.25) is 0 Å².